The van der Waals surface area contributed by atoms with Gasteiger partial charge in [-0.1, -0.05) is 42.5 Å². The quantitative estimate of drug-likeness (QED) is 0.764. The van der Waals surface area contributed by atoms with Crippen LogP contribution in [0.5, 0.6) is 0 Å². The first kappa shape index (κ1) is 13.8. The van der Waals surface area contributed by atoms with Gasteiger partial charge in [0.1, 0.15) is 0 Å². The van der Waals surface area contributed by atoms with Crippen LogP contribution in [0.2, 0.25) is 0 Å². The van der Waals surface area contributed by atoms with E-state index in [1.165, 1.54) is 27.5 Å². The molecule has 0 spiro atoms. The normalized spacial score (nSPS) is 12.5. The second kappa shape index (κ2) is 6.06. The van der Waals surface area contributed by atoms with Crippen LogP contribution in [0.4, 0.5) is 0 Å². The predicted octanol–water partition coefficient (Wildman–Crippen LogP) is 4.39. The molecule has 1 N–H and O–H groups in total. The van der Waals surface area contributed by atoms with Gasteiger partial charge in [0.05, 0.1) is 0 Å². The standard InChI is InChI=1S/C19H20N2/c1-14-12-20-11-10-17(14)13-21-15(2)18-9-5-7-16-6-3-4-8-19(16)18/h3-12,15,21H,13H2,1-2H3. The van der Waals surface area contributed by atoms with Crippen molar-refractivity contribution in [1.82, 2.24) is 10.3 Å². The third-order valence-corrected chi connectivity index (χ3v) is 4.03. The van der Waals surface area contributed by atoms with E-state index in [0.717, 1.165) is 6.54 Å². The molecule has 2 nitrogen and oxygen atoms in total. The average Bonchev–Trinajstić information content (AvgIpc) is 2.53. The summed E-state index contributed by atoms with van der Waals surface area (Å²) < 4.78 is 0. The Bertz CT molecular complexity index is 744. The van der Waals surface area contributed by atoms with Gasteiger partial charge in [-0.05, 0) is 47.4 Å². The first-order valence-electron chi connectivity index (χ1n) is 7.36. The van der Waals surface area contributed by atoms with Gasteiger partial charge in [-0.25, -0.2) is 0 Å². The Balaban J connectivity index is 1.81. The Labute approximate surface area is 125 Å². The number of fused-ring (bicyclic) bond motifs is 1. The van der Waals surface area contributed by atoms with Crippen LogP contribution >= 0.6 is 0 Å². The molecule has 21 heavy (non-hydrogen) atoms. The maximum atomic E-state index is 4.14. The van der Waals surface area contributed by atoms with Crippen LogP contribution in [0.15, 0.2) is 60.9 Å². The zero-order valence-electron chi connectivity index (χ0n) is 12.5. The van der Waals surface area contributed by atoms with Crippen molar-refractivity contribution in [3.05, 3.63) is 77.6 Å². The monoisotopic (exact) mass is 276 g/mol. The smallest absolute Gasteiger partial charge is 0.0301 e. The van der Waals surface area contributed by atoms with Crippen molar-refractivity contribution in [1.29, 1.82) is 0 Å². The van der Waals surface area contributed by atoms with Gasteiger partial charge in [0.15, 0.2) is 0 Å². The topological polar surface area (TPSA) is 24.9 Å². The number of aryl methyl sites for hydroxylation is 1. The Kier molecular flexibility index (Phi) is 3.98. The summed E-state index contributed by atoms with van der Waals surface area (Å²) in [5, 5.41) is 6.24. The number of hydrogen-bond acceptors (Lipinski definition) is 2. The highest BCUT2D eigenvalue weighted by Crippen LogP contribution is 2.24. The minimum absolute atomic E-state index is 0.309. The van der Waals surface area contributed by atoms with E-state index in [-0.39, 0.29) is 0 Å². The largest absolute Gasteiger partial charge is 0.306 e. The molecule has 0 fully saturated rings. The number of nitrogens with zero attached hydrogens (tertiary/aromatic N) is 1. The molecule has 0 aliphatic heterocycles. The average molecular weight is 276 g/mol. The number of rotatable bonds is 4. The Morgan fingerprint density at radius 3 is 2.71 bits per heavy atom. The molecule has 106 valence electrons. The summed E-state index contributed by atoms with van der Waals surface area (Å²) >= 11 is 0. The molecule has 0 radical (unpaired) electrons. The molecule has 2 heteroatoms. The summed E-state index contributed by atoms with van der Waals surface area (Å²) in [7, 11) is 0. The first-order chi connectivity index (χ1) is 10.3. The van der Waals surface area contributed by atoms with Crippen LogP contribution in [0.25, 0.3) is 10.8 Å². The van der Waals surface area contributed by atoms with Crippen LogP contribution in [0.1, 0.15) is 29.7 Å². The van der Waals surface area contributed by atoms with Crippen LogP contribution < -0.4 is 5.32 Å². The summed E-state index contributed by atoms with van der Waals surface area (Å²) in [4.78, 5) is 4.14. The molecule has 0 amide bonds. The molecule has 2 aromatic carbocycles. The number of hydrogen-bond donors (Lipinski definition) is 1. The second-order valence-electron chi connectivity index (χ2n) is 5.47. The van der Waals surface area contributed by atoms with E-state index in [4.69, 9.17) is 0 Å². The summed E-state index contributed by atoms with van der Waals surface area (Å²) in [6, 6.07) is 17.4. The fourth-order valence-corrected chi connectivity index (χ4v) is 2.70. The van der Waals surface area contributed by atoms with Crippen molar-refractivity contribution in [3.63, 3.8) is 0 Å². The lowest BCUT2D eigenvalue weighted by Gasteiger charge is -2.17. The maximum absolute atomic E-state index is 4.14. The fourth-order valence-electron chi connectivity index (χ4n) is 2.70. The Morgan fingerprint density at radius 1 is 1.05 bits per heavy atom. The van der Waals surface area contributed by atoms with Crippen LogP contribution in [0, 0.1) is 6.92 Å². The van der Waals surface area contributed by atoms with E-state index in [0.29, 0.717) is 6.04 Å². The van der Waals surface area contributed by atoms with Crippen molar-refractivity contribution in [2.75, 3.05) is 0 Å². The van der Waals surface area contributed by atoms with Gasteiger partial charge in [0.25, 0.3) is 0 Å². The Hall–Kier alpha value is -2.19. The molecule has 1 heterocycles. The number of pyridine rings is 1. The lowest BCUT2D eigenvalue weighted by molar-refractivity contribution is 0.576. The van der Waals surface area contributed by atoms with E-state index in [1.54, 1.807) is 0 Å². The summed E-state index contributed by atoms with van der Waals surface area (Å²) in [6.07, 6.45) is 3.77. The van der Waals surface area contributed by atoms with Gasteiger partial charge >= 0.3 is 0 Å². The lowest BCUT2D eigenvalue weighted by atomic mass is 9.99. The van der Waals surface area contributed by atoms with Crippen molar-refractivity contribution < 1.29 is 0 Å². The third kappa shape index (κ3) is 2.96. The summed E-state index contributed by atoms with van der Waals surface area (Å²) in [5.74, 6) is 0. The molecule has 0 saturated carbocycles. The first-order valence-corrected chi connectivity index (χ1v) is 7.36. The number of aromatic nitrogens is 1. The predicted molar refractivity (Wildman–Crippen MR) is 88.2 cm³/mol. The van der Waals surface area contributed by atoms with Crippen LogP contribution in [-0.2, 0) is 6.54 Å². The highest BCUT2D eigenvalue weighted by atomic mass is 14.9. The zero-order valence-corrected chi connectivity index (χ0v) is 12.5. The maximum Gasteiger partial charge on any atom is 0.0301 e. The molecule has 0 bridgehead atoms. The summed E-state index contributed by atoms with van der Waals surface area (Å²) in [6.45, 7) is 5.18. The van der Waals surface area contributed by atoms with Crippen molar-refractivity contribution in [3.8, 4) is 0 Å². The van der Waals surface area contributed by atoms with Gasteiger partial charge in [-0.3, -0.25) is 4.98 Å². The molecule has 3 rings (SSSR count). The SMILES string of the molecule is Cc1cnccc1CNC(C)c1cccc2ccccc12. The molecular weight excluding hydrogens is 256 g/mol. The minimum atomic E-state index is 0.309. The van der Waals surface area contributed by atoms with Crippen LogP contribution in [0.3, 0.4) is 0 Å². The molecule has 0 aliphatic carbocycles. The van der Waals surface area contributed by atoms with E-state index < -0.39 is 0 Å². The van der Waals surface area contributed by atoms with Gasteiger partial charge in [-0.15, -0.1) is 0 Å². The molecular formula is C19H20N2. The van der Waals surface area contributed by atoms with E-state index >= 15 is 0 Å². The fraction of sp³-hybridized carbons (Fsp3) is 0.211. The highest BCUT2D eigenvalue weighted by Gasteiger charge is 2.09. The Morgan fingerprint density at radius 2 is 1.86 bits per heavy atom. The molecule has 1 atom stereocenters. The number of nitrogens with one attached hydrogen (secondary N) is 1. The van der Waals surface area contributed by atoms with Crippen molar-refractivity contribution in [2.24, 2.45) is 0 Å². The molecule has 1 aromatic heterocycles. The van der Waals surface area contributed by atoms with Gasteiger partial charge in [0, 0.05) is 25.0 Å². The molecule has 1 unspecified atom stereocenters. The molecule has 3 aromatic rings. The van der Waals surface area contributed by atoms with Gasteiger partial charge in [-0.2, -0.15) is 0 Å². The van der Waals surface area contributed by atoms with E-state index in [1.807, 2.05) is 12.4 Å². The second-order valence-corrected chi connectivity index (χ2v) is 5.47. The van der Waals surface area contributed by atoms with E-state index in [2.05, 4.69) is 72.7 Å². The van der Waals surface area contributed by atoms with Crippen molar-refractivity contribution >= 4 is 10.8 Å². The highest BCUT2D eigenvalue weighted by molar-refractivity contribution is 5.86. The lowest BCUT2D eigenvalue weighted by Crippen LogP contribution is -2.19. The van der Waals surface area contributed by atoms with Crippen LogP contribution in [-0.4, -0.2) is 4.98 Å². The molecule has 0 aliphatic rings. The van der Waals surface area contributed by atoms with Gasteiger partial charge < -0.3 is 5.32 Å². The van der Waals surface area contributed by atoms with Crippen molar-refractivity contribution in [2.45, 2.75) is 26.4 Å². The zero-order chi connectivity index (χ0) is 14.7. The van der Waals surface area contributed by atoms with Gasteiger partial charge in [0.2, 0.25) is 0 Å². The molecule has 0 saturated heterocycles. The minimum Gasteiger partial charge on any atom is -0.306 e. The number of benzene rings is 2. The summed E-state index contributed by atoms with van der Waals surface area (Å²) in [5.41, 5.74) is 3.88. The van der Waals surface area contributed by atoms with E-state index in [9.17, 15) is 0 Å². The third-order valence-electron chi connectivity index (χ3n) is 4.03.